The van der Waals surface area contributed by atoms with E-state index in [0.717, 1.165) is 38.5 Å². The summed E-state index contributed by atoms with van der Waals surface area (Å²) in [6, 6.07) is 7.46. The molecule has 6 nitrogen and oxygen atoms in total. The van der Waals surface area contributed by atoms with E-state index < -0.39 is 0 Å². The van der Waals surface area contributed by atoms with Crippen LogP contribution in [-0.2, 0) is 16.1 Å². The number of carbonyl (C=O) groups excluding carboxylic acids is 2. The van der Waals surface area contributed by atoms with E-state index in [4.69, 9.17) is 4.74 Å². The summed E-state index contributed by atoms with van der Waals surface area (Å²) >= 11 is 0. The molecule has 1 amide bonds. The lowest BCUT2D eigenvalue weighted by Crippen LogP contribution is -2.61. The summed E-state index contributed by atoms with van der Waals surface area (Å²) in [5.41, 5.74) is 1.32. The highest BCUT2D eigenvalue weighted by molar-refractivity contribution is 5.95. The molecule has 11 atom stereocenters. The van der Waals surface area contributed by atoms with Gasteiger partial charge in [0.25, 0.3) is 5.91 Å². The third-order valence-corrected chi connectivity index (χ3v) is 12.7. The molecule has 1 aromatic carbocycles. The normalized spacial score (nSPS) is 41.3. The molecule has 0 saturated heterocycles. The summed E-state index contributed by atoms with van der Waals surface area (Å²) in [7, 11) is 1.46. The molecule has 222 valence electrons. The summed E-state index contributed by atoms with van der Waals surface area (Å²) in [5.74, 6) is 3.37. The second-order valence-electron chi connectivity index (χ2n) is 14.4. The van der Waals surface area contributed by atoms with Crippen molar-refractivity contribution in [2.75, 3.05) is 7.11 Å². The van der Waals surface area contributed by atoms with Crippen molar-refractivity contribution in [1.29, 1.82) is 0 Å². The standard InChI is InChI=1S/C34H51NO5/c1-20(10-13-30(38)40-5)26-11-12-27-31-21(2)16-23-17-24(35-32(39)25-9-7-6-8-22(25)19-36)14-15-33(23,3)28(31)18-29(37)34(26,27)4/h6-9,20-21,23-24,26-29,31,36-37H,10-19H2,1-5H3,(H,35,39). The predicted molar refractivity (Wildman–Crippen MR) is 155 cm³/mol. The molecule has 0 radical (unpaired) electrons. The molecule has 0 heterocycles. The first kappa shape index (κ1) is 29.6. The number of ether oxygens (including phenoxy) is 1. The largest absolute Gasteiger partial charge is 0.469 e. The van der Waals surface area contributed by atoms with Gasteiger partial charge in [-0.3, -0.25) is 9.59 Å². The zero-order chi connectivity index (χ0) is 28.8. The minimum Gasteiger partial charge on any atom is -0.469 e. The van der Waals surface area contributed by atoms with Crippen molar-refractivity contribution in [3.8, 4) is 0 Å². The van der Waals surface area contributed by atoms with Gasteiger partial charge in [-0.2, -0.15) is 0 Å². The predicted octanol–water partition coefficient (Wildman–Crippen LogP) is 5.74. The summed E-state index contributed by atoms with van der Waals surface area (Å²) in [6.07, 6.45) is 8.36. The van der Waals surface area contributed by atoms with E-state index in [0.29, 0.717) is 59.0 Å². The Morgan fingerprint density at radius 1 is 1.10 bits per heavy atom. The van der Waals surface area contributed by atoms with Crippen LogP contribution in [0.5, 0.6) is 0 Å². The molecule has 5 rings (SSSR count). The lowest BCUT2D eigenvalue weighted by Gasteiger charge is -2.64. The second-order valence-corrected chi connectivity index (χ2v) is 14.4. The molecule has 0 bridgehead atoms. The van der Waals surface area contributed by atoms with Crippen LogP contribution in [-0.4, -0.2) is 41.3 Å². The van der Waals surface area contributed by atoms with Gasteiger partial charge in [0.1, 0.15) is 0 Å². The van der Waals surface area contributed by atoms with E-state index in [1.54, 1.807) is 6.07 Å². The van der Waals surface area contributed by atoms with Gasteiger partial charge in [-0.1, -0.05) is 45.9 Å². The summed E-state index contributed by atoms with van der Waals surface area (Å²) in [4.78, 5) is 25.0. The molecule has 0 aromatic heterocycles. The average molecular weight is 554 g/mol. The van der Waals surface area contributed by atoms with Gasteiger partial charge >= 0.3 is 5.97 Å². The summed E-state index contributed by atoms with van der Waals surface area (Å²) in [6.45, 7) is 9.44. The average Bonchev–Trinajstić information content (AvgIpc) is 3.31. The lowest BCUT2D eigenvalue weighted by molar-refractivity contribution is -0.185. The van der Waals surface area contributed by atoms with Crippen molar-refractivity contribution in [2.45, 2.75) is 104 Å². The van der Waals surface area contributed by atoms with Crippen molar-refractivity contribution in [3.63, 3.8) is 0 Å². The van der Waals surface area contributed by atoms with Crippen LogP contribution in [0.2, 0.25) is 0 Å². The molecule has 6 heteroatoms. The Morgan fingerprint density at radius 2 is 1.85 bits per heavy atom. The maximum Gasteiger partial charge on any atom is 0.305 e. The molecule has 0 spiro atoms. The molecular weight excluding hydrogens is 502 g/mol. The molecule has 4 saturated carbocycles. The highest BCUT2D eigenvalue weighted by Crippen LogP contribution is 2.69. The van der Waals surface area contributed by atoms with Crippen LogP contribution in [0.15, 0.2) is 24.3 Å². The molecule has 0 aliphatic heterocycles. The minimum absolute atomic E-state index is 0.0813. The van der Waals surface area contributed by atoms with E-state index in [1.165, 1.54) is 20.0 Å². The van der Waals surface area contributed by atoms with Gasteiger partial charge in [0.2, 0.25) is 0 Å². The second kappa shape index (κ2) is 11.4. The highest BCUT2D eigenvalue weighted by Gasteiger charge is 2.65. The van der Waals surface area contributed by atoms with Crippen molar-refractivity contribution in [3.05, 3.63) is 35.4 Å². The van der Waals surface area contributed by atoms with Gasteiger partial charge in [0, 0.05) is 18.0 Å². The number of rotatable bonds is 7. The Kier molecular flexibility index (Phi) is 8.42. The number of aliphatic hydroxyl groups is 2. The number of fused-ring (bicyclic) bond motifs is 5. The number of hydrogen-bond donors (Lipinski definition) is 3. The maximum absolute atomic E-state index is 13.1. The Balaban J connectivity index is 1.30. The van der Waals surface area contributed by atoms with Gasteiger partial charge in [-0.05, 0) is 115 Å². The number of benzene rings is 1. The molecule has 4 fully saturated rings. The van der Waals surface area contributed by atoms with Crippen molar-refractivity contribution in [2.24, 2.45) is 52.3 Å². The molecule has 1 aromatic rings. The van der Waals surface area contributed by atoms with E-state index in [2.05, 4.69) is 33.0 Å². The van der Waals surface area contributed by atoms with Crippen LogP contribution < -0.4 is 5.32 Å². The van der Waals surface area contributed by atoms with Crippen LogP contribution in [0.25, 0.3) is 0 Å². The zero-order valence-electron chi connectivity index (χ0n) is 25.2. The highest BCUT2D eigenvalue weighted by atomic mass is 16.5. The Labute approximate surface area is 240 Å². The van der Waals surface area contributed by atoms with Crippen LogP contribution in [0.4, 0.5) is 0 Å². The topological polar surface area (TPSA) is 95.9 Å². The van der Waals surface area contributed by atoms with Crippen molar-refractivity contribution < 1.29 is 24.5 Å². The van der Waals surface area contributed by atoms with Crippen LogP contribution >= 0.6 is 0 Å². The zero-order valence-corrected chi connectivity index (χ0v) is 25.2. The monoisotopic (exact) mass is 553 g/mol. The van der Waals surface area contributed by atoms with E-state index in [-0.39, 0.29) is 41.5 Å². The first-order valence-corrected chi connectivity index (χ1v) is 15.8. The van der Waals surface area contributed by atoms with Crippen molar-refractivity contribution >= 4 is 11.9 Å². The molecule has 40 heavy (non-hydrogen) atoms. The Hall–Kier alpha value is -1.92. The third-order valence-electron chi connectivity index (χ3n) is 12.7. The summed E-state index contributed by atoms with van der Waals surface area (Å²) in [5, 5.41) is 24.9. The van der Waals surface area contributed by atoms with Gasteiger partial charge in [0.15, 0.2) is 0 Å². The van der Waals surface area contributed by atoms with Crippen LogP contribution in [0, 0.1) is 52.3 Å². The van der Waals surface area contributed by atoms with E-state index in [9.17, 15) is 19.8 Å². The smallest absolute Gasteiger partial charge is 0.305 e. The van der Waals surface area contributed by atoms with E-state index in [1.807, 2.05) is 18.2 Å². The number of nitrogens with one attached hydrogen (secondary N) is 1. The van der Waals surface area contributed by atoms with Gasteiger partial charge in [0.05, 0.1) is 19.8 Å². The fourth-order valence-electron chi connectivity index (χ4n) is 10.5. The number of aliphatic hydroxyl groups excluding tert-OH is 2. The lowest BCUT2D eigenvalue weighted by atomic mass is 9.41. The molecule has 4 aliphatic carbocycles. The maximum atomic E-state index is 13.1. The number of amides is 1. The van der Waals surface area contributed by atoms with Gasteiger partial charge in [-0.15, -0.1) is 0 Å². The summed E-state index contributed by atoms with van der Waals surface area (Å²) < 4.78 is 4.90. The number of esters is 1. The Morgan fingerprint density at radius 3 is 2.58 bits per heavy atom. The Bertz CT molecular complexity index is 1090. The van der Waals surface area contributed by atoms with Crippen LogP contribution in [0.1, 0.15) is 101 Å². The van der Waals surface area contributed by atoms with E-state index >= 15 is 0 Å². The van der Waals surface area contributed by atoms with Gasteiger partial charge < -0.3 is 20.3 Å². The third kappa shape index (κ3) is 4.91. The first-order chi connectivity index (χ1) is 19.0. The number of carbonyl (C=O) groups is 2. The fraction of sp³-hybridized carbons (Fsp3) is 0.765. The molecule has 4 aliphatic rings. The molecular formula is C34H51NO5. The first-order valence-electron chi connectivity index (χ1n) is 15.8. The van der Waals surface area contributed by atoms with Gasteiger partial charge in [-0.25, -0.2) is 0 Å². The molecule has 11 unspecified atom stereocenters. The van der Waals surface area contributed by atoms with Crippen LogP contribution in [0.3, 0.4) is 0 Å². The molecule has 3 N–H and O–H groups in total. The number of hydrogen-bond acceptors (Lipinski definition) is 5. The quantitative estimate of drug-likeness (QED) is 0.374. The SMILES string of the molecule is COC(=O)CCC(C)C1CCC2C3C(C)CC4CC(NC(=O)c5ccccc5CO)CCC4(C)C3CC(O)C12C. The minimum atomic E-state index is -0.318. The van der Waals surface area contributed by atoms with Crippen molar-refractivity contribution in [1.82, 2.24) is 5.32 Å². The number of methoxy groups -OCH3 is 1. The fourth-order valence-corrected chi connectivity index (χ4v) is 10.5.